The zero-order valence-electron chi connectivity index (χ0n) is 25.4. The second kappa shape index (κ2) is 11.6. The van der Waals surface area contributed by atoms with Gasteiger partial charge in [0.1, 0.15) is 12.3 Å². The number of carbonyl (C=O) groups is 4. The smallest absolute Gasteiger partial charge is 0.261 e. The second-order valence-corrected chi connectivity index (χ2v) is 11.6. The molecule has 8 nitrogen and oxygen atoms in total. The van der Waals surface area contributed by atoms with Gasteiger partial charge in [0.2, 0.25) is 5.91 Å². The Kier molecular flexibility index (Phi) is 7.33. The van der Waals surface area contributed by atoms with Crippen molar-refractivity contribution in [3.05, 3.63) is 138 Å². The molecule has 8 heteroatoms. The van der Waals surface area contributed by atoms with Gasteiger partial charge in [-0.3, -0.25) is 24.1 Å². The summed E-state index contributed by atoms with van der Waals surface area (Å²) in [4.78, 5) is 60.3. The van der Waals surface area contributed by atoms with Gasteiger partial charge in [0.05, 0.1) is 13.2 Å². The summed E-state index contributed by atoms with van der Waals surface area (Å²) < 4.78 is 5.27. The fourth-order valence-electron chi connectivity index (χ4n) is 6.73. The Balaban J connectivity index is 1.26. The molecule has 0 fully saturated rings. The minimum atomic E-state index is -0.496. The Morgan fingerprint density at radius 2 is 1.41 bits per heavy atom. The molecule has 7 rings (SSSR count). The number of fused-ring (bicyclic) bond motifs is 1. The number of amides is 4. The van der Waals surface area contributed by atoms with Gasteiger partial charge in [-0.05, 0) is 78.9 Å². The van der Waals surface area contributed by atoms with E-state index in [-0.39, 0.29) is 11.9 Å². The molecule has 2 aliphatic rings. The number of ether oxygens (including phenoxy) is 1. The zero-order chi connectivity index (χ0) is 31.9. The molecule has 0 bridgehead atoms. The van der Waals surface area contributed by atoms with Crippen molar-refractivity contribution in [2.24, 2.45) is 0 Å². The average Bonchev–Trinajstić information content (AvgIpc) is 3.09. The minimum absolute atomic E-state index is 0.156. The van der Waals surface area contributed by atoms with Gasteiger partial charge in [0.15, 0.2) is 0 Å². The Bertz CT molecular complexity index is 1960. The first-order valence-corrected chi connectivity index (χ1v) is 15.2. The van der Waals surface area contributed by atoms with Crippen molar-refractivity contribution >= 4 is 45.8 Å². The van der Waals surface area contributed by atoms with E-state index in [1.165, 1.54) is 0 Å². The van der Waals surface area contributed by atoms with Gasteiger partial charge < -0.3 is 14.5 Å². The Labute approximate surface area is 266 Å². The van der Waals surface area contributed by atoms with Crippen molar-refractivity contribution < 1.29 is 23.9 Å². The normalized spacial score (nSPS) is 17.1. The number of anilines is 2. The van der Waals surface area contributed by atoms with Crippen LogP contribution in [0.2, 0.25) is 0 Å². The minimum Gasteiger partial charge on any atom is -0.497 e. The number of hydrogen-bond donors (Lipinski definition) is 0. The van der Waals surface area contributed by atoms with Gasteiger partial charge in [-0.2, -0.15) is 0 Å². The fourth-order valence-corrected chi connectivity index (χ4v) is 6.73. The predicted octanol–water partition coefficient (Wildman–Crippen LogP) is 6.66. The van der Waals surface area contributed by atoms with Gasteiger partial charge in [0, 0.05) is 39.5 Å². The van der Waals surface area contributed by atoms with E-state index in [1.807, 2.05) is 73.7 Å². The lowest BCUT2D eigenvalue weighted by Crippen LogP contribution is -2.51. The molecule has 0 aliphatic carbocycles. The maximum Gasteiger partial charge on any atom is 0.261 e. The monoisotopic (exact) mass is 609 g/mol. The van der Waals surface area contributed by atoms with E-state index in [4.69, 9.17) is 4.74 Å². The molecule has 4 amide bonds. The number of hydrogen-bond acceptors (Lipinski definition) is 5. The Morgan fingerprint density at radius 1 is 0.783 bits per heavy atom. The highest BCUT2D eigenvalue weighted by Gasteiger charge is 2.41. The average molecular weight is 610 g/mol. The molecule has 2 unspecified atom stereocenters. The first-order valence-electron chi connectivity index (χ1n) is 15.2. The molecule has 0 saturated heterocycles. The largest absolute Gasteiger partial charge is 0.497 e. The van der Waals surface area contributed by atoms with Gasteiger partial charge in [0.25, 0.3) is 17.7 Å². The van der Waals surface area contributed by atoms with Crippen molar-refractivity contribution in [1.29, 1.82) is 0 Å². The van der Waals surface area contributed by atoms with Crippen LogP contribution < -0.4 is 14.5 Å². The van der Waals surface area contributed by atoms with E-state index in [9.17, 15) is 19.2 Å². The van der Waals surface area contributed by atoms with Crippen LogP contribution in [0.4, 0.5) is 11.4 Å². The van der Waals surface area contributed by atoms with E-state index in [0.29, 0.717) is 45.6 Å². The van der Waals surface area contributed by atoms with Gasteiger partial charge in [-0.1, -0.05) is 60.7 Å². The number of para-hydroxylation sites is 2. The van der Waals surface area contributed by atoms with Crippen molar-refractivity contribution in [1.82, 2.24) is 4.90 Å². The molecular weight excluding hydrogens is 578 g/mol. The number of carbonyl (C=O) groups excluding carboxylic acids is 4. The molecule has 2 aliphatic heterocycles. The third-order valence-corrected chi connectivity index (χ3v) is 8.88. The van der Waals surface area contributed by atoms with E-state index < -0.39 is 30.3 Å². The van der Waals surface area contributed by atoms with Crippen LogP contribution in [0.25, 0.3) is 10.8 Å². The van der Waals surface area contributed by atoms with Crippen LogP contribution >= 0.6 is 0 Å². The van der Waals surface area contributed by atoms with E-state index >= 15 is 0 Å². The molecule has 5 aromatic rings. The topological polar surface area (TPSA) is 87.2 Å². The molecule has 0 spiro atoms. The summed E-state index contributed by atoms with van der Waals surface area (Å²) in [5, 5.41) is 1.41. The first kappa shape index (κ1) is 29.0. The van der Waals surface area contributed by atoms with E-state index in [0.717, 1.165) is 15.8 Å². The first-order chi connectivity index (χ1) is 22.4. The van der Waals surface area contributed by atoms with Crippen LogP contribution in [0.15, 0.2) is 115 Å². The number of imide groups is 1. The SMILES string of the molecule is COc1ccc(C(=O)N2c3ccccc3C(N(C(=O)CN3C(=O)c4cccc5cccc(c45)C3=O)c3ccccc3)CC2C)cc1. The highest BCUT2D eigenvalue weighted by atomic mass is 16.5. The maximum absolute atomic E-state index is 14.5. The van der Waals surface area contributed by atoms with Crippen molar-refractivity contribution in [2.45, 2.75) is 25.4 Å². The summed E-state index contributed by atoms with van der Waals surface area (Å²) in [6.45, 7) is 1.53. The van der Waals surface area contributed by atoms with Crippen LogP contribution in [-0.4, -0.2) is 48.2 Å². The lowest BCUT2D eigenvalue weighted by molar-refractivity contribution is -0.119. The van der Waals surface area contributed by atoms with E-state index in [1.54, 1.807) is 65.4 Å². The van der Waals surface area contributed by atoms with Crippen LogP contribution in [0, 0.1) is 0 Å². The molecule has 2 atom stereocenters. The van der Waals surface area contributed by atoms with Crippen LogP contribution in [-0.2, 0) is 4.79 Å². The second-order valence-electron chi connectivity index (χ2n) is 11.6. The zero-order valence-corrected chi connectivity index (χ0v) is 25.4. The van der Waals surface area contributed by atoms with Crippen LogP contribution in [0.1, 0.15) is 56.0 Å². The summed E-state index contributed by atoms with van der Waals surface area (Å²) in [6.07, 6.45) is 0.434. The molecule has 2 heterocycles. The molecule has 5 aromatic carbocycles. The molecule has 0 N–H and O–H groups in total. The number of nitrogens with zero attached hydrogens (tertiary/aromatic N) is 3. The fraction of sp³-hybridized carbons (Fsp3) is 0.158. The Hall–Kier alpha value is -5.76. The van der Waals surface area contributed by atoms with Crippen molar-refractivity contribution in [2.75, 3.05) is 23.5 Å². The number of methoxy groups -OCH3 is 1. The number of rotatable bonds is 6. The molecule has 0 radical (unpaired) electrons. The van der Waals surface area contributed by atoms with Crippen LogP contribution in [0.3, 0.4) is 0 Å². The number of benzene rings is 5. The molecule has 0 saturated carbocycles. The summed E-state index contributed by atoms with van der Waals surface area (Å²) in [5.41, 5.74) is 3.45. The lowest BCUT2D eigenvalue weighted by atomic mass is 9.89. The standard InChI is InChI=1S/C38H31N3O5/c1-24-22-33(29-14-6-7-17-32(29)40(24)36(43)26-18-20-28(46-2)21-19-26)41(27-12-4-3-5-13-27)34(42)23-39-37(44)30-15-8-10-25-11-9-16-31(35(25)30)38(39)45/h3-21,24,33H,22-23H2,1-2H3. The molecule has 228 valence electrons. The summed E-state index contributed by atoms with van der Waals surface area (Å²) in [5.74, 6) is -0.891. The highest BCUT2D eigenvalue weighted by Crippen LogP contribution is 2.43. The maximum atomic E-state index is 14.5. The third-order valence-electron chi connectivity index (χ3n) is 8.88. The lowest BCUT2D eigenvalue weighted by Gasteiger charge is -2.44. The summed E-state index contributed by atoms with van der Waals surface area (Å²) in [7, 11) is 1.58. The van der Waals surface area contributed by atoms with Crippen molar-refractivity contribution in [3.8, 4) is 5.75 Å². The molecule has 0 aromatic heterocycles. The Morgan fingerprint density at radius 3 is 2.07 bits per heavy atom. The van der Waals surface area contributed by atoms with Gasteiger partial charge in [-0.15, -0.1) is 0 Å². The molecule has 46 heavy (non-hydrogen) atoms. The summed E-state index contributed by atoms with van der Waals surface area (Å²) in [6, 6.07) is 33.8. The molecular formula is C38H31N3O5. The predicted molar refractivity (Wildman–Crippen MR) is 176 cm³/mol. The van der Waals surface area contributed by atoms with Gasteiger partial charge >= 0.3 is 0 Å². The highest BCUT2D eigenvalue weighted by molar-refractivity contribution is 6.26. The van der Waals surface area contributed by atoms with Crippen molar-refractivity contribution in [3.63, 3.8) is 0 Å². The third kappa shape index (κ3) is 4.79. The van der Waals surface area contributed by atoms with Gasteiger partial charge in [-0.25, -0.2) is 0 Å². The summed E-state index contributed by atoms with van der Waals surface area (Å²) >= 11 is 0. The van der Waals surface area contributed by atoms with E-state index in [2.05, 4.69) is 0 Å². The van der Waals surface area contributed by atoms with Crippen LogP contribution in [0.5, 0.6) is 5.75 Å². The quantitative estimate of drug-likeness (QED) is 0.201.